The van der Waals surface area contributed by atoms with Crippen molar-refractivity contribution in [3.63, 3.8) is 0 Å². The van der Waals surface area contributed by atoms with Crippen molar-refractivity contribution in [1.29, 1.82) is 0 Å². The van der Waals surface area contributed by atoms with Crippen molar-refractivity contribution in [2.24, 2.45) is 0 Å². The van der Waals surface area contributed by atoms with E-state index in [1.54, 1.807) is 26.0 Å². The summed E-state index contributed by atoms with van der Waals surface area (Å²) in [5.41, 5.74) is 3.19. The first-order valence-corrected chi connectivity index (χ1v) is 11.2. The number of carboxylic acid groups (broad SMARTS) is 1. The number of carbonyl (C=O) groups is 2. The molecule has 34 heavy (non-hydrogen) atoms. The van der Waals surface area contributed by atoms with Crippen molar-refractivity contribution in [3.8, 4) is 23.2 Å². The second-order valence-electron chi connectivity index (χ2n) is 7.65. The molecule has 0 aliphatic heterocycles. The Hall–Kier alpha value is -3.76. The van der Waals surface area contributed by atoms with Crippen LogP contribution in [0.4, 0.5) is 10.5 Å². The van der Waals surface area contributed by atoms with E-state index in [2.05, 4.69) is 22.3 Å². The van der Waals surface area contributed by atoms with Crippen LogP contribution >= 0.6 is 11.6 Å². The average Bonchev–Trinajstić information content (AvgIpc) is 3.16. The van der Waals surface area contributed by atoms with Gasteiger partial charge in [-0.15, -0.1) is 0 Å². The summed E-state index contributed by atoms with van der Waals surface area (Å²) in [7, 11) is 0. The van der Waals surface area contributed by atoms with E-state index in [0.717, 1.165) is 17.5 Å². The van der Waals surface area contributed by atoms with Crippen LogP contribution in [0.1, 0.15) is 55.5 Å². The Morgan fingerprint density at radius 3 is 2.62 bits per heavy atom. The van der Waals surface area contributed by atoms with Gasteiger partial charge in [0.15, 0.2) is 5.76 Å². The highest BCUT2D eigenvalue weighted by molar-refractivity contribution is 6.31. The van der Waals surface area contributed by atoms with E-state index in [-0.39, 0.29) is 6.42 Å². The standard InChI is InChI=1S/C26H25ClN2O5/c1-17-24(28-26(32)33-18(2)21-10-7-8-11-22(21)27)25(34-29-17)20-15-13-19(14-16-20)9-5-3-4-6-12-23(30)31/h7-8,10-11,13-16,18H,3-4,6,12H2,1-2H3,(H,28,32)(H,30,31). The summed E-state index contributed by atoms with van der Waals surface area (Å²) in [5, 5.41) is 15.9. The van der Waals surface area contributed by atoms with Crippen LogP contribution in [-0.2, 0) is 9.53 Å². The van der Waals surface area contributed by atoms with Crippen molar-refractivity contribution in [2.75, 3.05) is 5.32 Å². The number of anilines is 1. The zero-order valence-electron chi connectivity index (χ0n) is 18.9. The van der Waals surface area contributed by atoms with Gasteiger partial charge in [-0.05, 0) is 57.0 Å². The van der Waals surface area contributed by atoms with Crippen molar-refractivity contribution in [1.82, 2.24) is 5.16 Å². The number of rotatable bonds is 8. The van der Waals surface area contributed by atoms with Gasteiger partial charge in [0.05, 0.1) is 0 Å². The number of nitrogens with zero attached hydrogens (tertiary/aromatic N) is 1. The Balaban J connectivity index is 1.63. The van der Waals surface area contributed by atoms with E-state index >= 15 is 0 Å². The lowest BCUT2D eigenvalue weighted by molar-refractivity contribution is -0.137. The van der Waals surface area contributed by atoms with Crippen molar-refractivity contribution < 1.29 is 24.0 Å². The number of halogens is 1. The lowest BCUT2D eigenvalue weighted by atomic mass is 10.1. The molecule has 0 radical (unpaired) electrons. The quantitative estimate of drug-likeness (QED) is 0.278. The minimum absolute atomic E-state index is 0.163. The smallest absolute Gasteiger partial charge is 0.412 e. The highest BCUT2D eigenvalue weighted by Gasteiger charge is 2.20. The lowest BCUT2D eigenvalue weighted by Crippen LogP contribution is -2.17. The first kappa shape index (κ1) is 24.9. The van der Waals surface area contributed by atoms with Gasteiger partial charge in [0.25, 0.3) is 0 Å². The van der Waals surface area contributed by atoms with Gasteiger partial charge in [0.1, 0.15) is 17.5 Å². The van der Waals surface area contributed by atoms with Crippen LogP contribution in [0.25, 0.3) is 11.3 Å². The molecule has 176 valence electrons. The maximum atomic E-state index is 12.5. The molecule has 2 aromatic carbocycles. The van der Waals surface area contributed by atoms with Crippen molar-refractivity contribution in [2.45, 2.75) is 45.6 Å². The third kappa shape index (κ3) is 6.87. The number of aliphatic carboxylic acids is 1. The fourth-order valence-corrected chi connectivity index (χ4v) is 3.52. The Morgan fingerprint density at radius 2 is 1.91 bits per heavy atom. The molecule has 1 aromatic heterocycles. The van der Waals surface area contributed by atoms with Crippen molar-refractivity contribution >= 4 is 29.4 Å². The van der Waals surface area contributed by atoms with Gasteiger partial charge in [-0.3, -0.25) is 10.1 Å². The number of carboxylic acids is 1. The predicted octanol–water partition coefficient (Wildman–Crippen LogP) is 6.61. The predicted molar refractivity (Wildman–Crippen MR) is 130 cm³/mol. The van der Waals surface area contributed by atoms with E-state index in [9.17, 15) is 9.59 Å². The molecule has 1 unspecified atom stereocenters. The van der Waals surface area contributed by atoms with Crippen LogP contribution in [0.15, 0.2) is 53.1 Å². The minimum Gasteiger partial charge on any atom is -0.481 e. The zero-order valence-corrected chi connectivity index (χ0v) is 19.7. The van der Waals surface area contributed by atoms with E-state index < -0.39 is 18.2 Å². The number of amides is 1. The largest absolute Gasteiger partial charge is 0.481 e. The Labute approximate surface area is 203 Å². The number of carbonyl (C=O) groups excluding carboxylic acids is 1. The third-order valence-corrected chi connectivity index (χ3v) is 5.38. The molecule has 8 heteroatoms. The molecule has 0 aliphatic rings. The summed E-state index contributed by atoms with van der Waals surface area (Å²) in [6, 6.07) is 14.5. The summed E-state index contributed by atoms with van der Waals surface area (Å²) in [5.74, 6) is 5.73. The molecule has 3 rings (SSSR count). The summed E-state index contributed by atoms with van der Waals surface area (Å²) in [6.45, 7) is 3.47. The van der Waals surface area contributed by atoms with Gasteiger partial charge in [-0.25, -0.2) is 4.79 Å². The number of aromatic nitrogens is 1. The van der Waals surface area contributed by atoms with E-state index in [1.165, 1.54) is 0 Å². The zero-order chi connectivity index (χ0) is 24.5. The van der Waals surface area contributed by atoms with Gasteiger partial charge < -0.3 is 14.4 Å². The maximum absolute atomic E-state index is 12.5. The first-order chi connectivity index (χ1) is 16.3. The summed E-state index contributed by atoms with van der Waals surface area (Å²) in [4.78, 5) is 23.1. The maximum Gasteiger partial charge on any atom is 0.412 e. The number of ether oxygens (including phenoxy) is 1. The Bertz CT molecular complexity index is 1210. The third-order valence-electron chi connectivity index (χ3n) is 5.04. The highest BCUT2D eigenvalue weighted by atomic mass is 35.5. The molecule has 3 aromatic rings. The van der Waals surface area contributed by atoms with Gasteiger partial charge in [0, 0.05) is 34.6 Å². The minimum atomic E-state index is -0.788. The molecule has 2 N–H and O–H groups in total. The molecule has 7 nitrogen and oxygen atoms in total. The molecule has 0 spiro atoms. The number of aryl methyl sites for hydroxylation is 1. The summed E-state index contributed by atoms with van der Waals surface area (Å²) >= 11 is 6.19. The SMILES string of the molecule is Cc1noc(-c2ccc(C#CCCCCC(=O)O)cc2)c1NC(=O)OC(C)c1ccccc1Cl. The van der Waals surface area contributed by atoms with Crippen LogP contribution in [0.5, 0.6) is 0 Å². The molecule has 0 bridgehead atoms. The molecular formula is C26H25ClN2O5. The molecule has 0 fully saturated rings. The molecule has 0 saturated heterocycles. The summed E-state index contributed by atoms with van der Waals surface area (Å²) < 4.78 is 10.9. The van der Waals surface area contributed by atoms with Crippen LogP contribution in [0.3, 0.4) is 0 Å². The monoisotopic (exact) mass is 480 g/mol. The number of hydrogen-bond acceptors (Lipinski definition) is 5. The van der Waals surface area contributed by atoms with Crippen LogP contribution in [-0.4, -0.2) is 22.3 Å². The van der Waals surface area contributed by atoms with Gasteiger partial charge in [-0.2, -0.15) is 0 Å². The molecular weight excluding hydrogens is 456 g/mol. The fourth-order valence-electron chi connectivity index (χ4n) is 3.23. The lowest BCUT2D eigenvalue weighted by Gasteiger charge is -2.15. The molecule has 0 aliphatic carbocycles. The van der Waals surface area contributed by atoms with E-state index in [4.69, 9.17) is 26.0 Å². The van der Waals surface area contributed by atoms with Crippen LogP contribution < -0.4 is 5.32 Å². The van der Waals surface area contributed by atoms with E-state index in [0.29, 0.717) is 40.6 Å². The normalized spacial score (nSPS) is 11.3. The van der Waals surface area contributed by atoms with Crippen molar-refractivity contribution in [3.05, 3.63) is 70.4 Å². The molecule has 1 heterocycles. The first-order valence-electron chi connectivity index (χ1n) is 10.8. The number of nitrogens with one attached hydrogen (secondary N) is 1. The van der Waals surface area contributed by atoms with Gasteiger partial charge in [0.2, 0.25) is 0 Å². The number of hydrogen-bond donors (Lipinski definition) is 2. The number of unbranched alkanes of at least 4 members (excludes halogenated alkanes) is 2. The average molecular weight is 481 g/mol. The Morgan fingerprint density at radius 1 is 1.18 bits per heavy atom. The van der Waals surface area contributed by atoms with E-state index in [1.807, 2.05) is 36.4 Å². The molecule has 1 atom stereocenters. The molecule has 0 saturated carbocycles. The second-order valence-corrected chi connectivity index (χ2v) is 8.05. The highest BCUT2D eigenvalue weighted by Crippen LogP contribution is 2.32. The summed E-state index contributed by atoms with van der Waals surface area (Å²) in [6.07, 6.45) is 0.970. The van der Waals surface area contributed by atoms with Gasteiger partial charge in [-0.1, -0.05) is 46.8 Å². The number of benzene rings is 2. The fraction of sp³-hybridized carbons (Fsp3) is 0.269. The van der Waals surface area contributed by atoms with Crippen LogP contribution in [0, 0.1) is 18.8 Å². The van der Waals surface area contributed by atoms with Crippen LogP contribution in [0.2, 0.25) is 5.02 Å². The second kappa shape index (κ2) is 11.9. The topological polar surface area (TPSA) is 102 Å². The van der Waals surface area contributed by atoms with Gasteiger partial charge >= 0.3 is 12.1 Å². The Kier molecular flexibility index (Phi) is 8.72. The molecule has 1 amide bonds.